The molecule has 0 radical (unpaired) electrons. The minimum absolute atomic E-state index is 0.345. The number of imide groups is 1. The van der Waals surface area contributed by atoms with Crippen molar-refractivity contribution in [2.75, 3.05) is 5.75 Å². The molecule has 102 valence electrons. The molecule has 1 fully saturated rings. The van der Waals surface area contributed by atoms with Crippen molar-refractivity contribution in [2.24, 2.45) is 0 Å². The second kappa shape index (κ2) is 6.16. The Morgan fingerprint density at radius 3 is 2.63 bits per heavy atom. The number of hydrogen-bond donors (Lipinski definition) is 2. The molecule has 1 aromatic carbocycles. The summed E-state index contributed by atoms with van der Waals surface area (Å²) in [5.74, 6) is 0.801. The highest BCUT2D eigenvalue weighted by molar-refractivity contribution is 7.99. The van der Waals surface area contributed by atoms with E-state index >= 15 is 0 Å². The van der Waals surface area contributed by atoms with E-state index in [1.165, 1.54) is 11.8 Å². The first kappa shape index (κ1) is 14.0. The number of benzene rings is 1. The summed E-state index contributed by atoms with van der Waals surface area (Å²) >= 11 is 7.32. The summed E-state index contributed by atoms with van der Waals surface area (Å²) in [5, 5.41) is 5.62. The van der Waals surface area contributed by atoms with Crippen LogP contribution in [0.15, 0.2) is 24.3 Å². The SMILES string of the molecule is CCSC1NC(=O)NC(=O)N1Cc1ccc(Cl)cc1. The summed E-state index contributed by atoms with van der Waals surface area (Å²) in [6.07, 6.45) is 0. The minimum atomic E-state index is -0.455. The van der Waals surface area contributed by atoms with Gasteiger partial charge in [-0.3, -0.25) is 10.2 Å². The maximum absolute atomic E-state index is 11.9. The standard InChI is InChI=1S/C12H14ClN3O2S/c1-2-19-12-15-10(17)14-11(18)16(12)7-8-3-5-9(13)6-4-8/h3-6,12H,2,7H2,1H3,(H2,14,15,17,18). The lowest BCUT2D eigenvalue weighted by Gasteiger charge is -2.35. The van der Waals surface area contributed by atoms with Gasteiger partial charge in [-0.2, -0.15) is 0 Å². The zero-order valence-corrected chi connectivity index (χ0v) is 11.9. The van der Waals surface area contributed by atoms with Crippen LogP contribution in [0.3, 0.4) is 0 Å². The Labute approximate surface area is 120 Å². The van der Waals surface area contributed by atoms with E-state index in [-0.39, 0.29) is 11.5 Å². The number of amides is 4. The molecule has 1 aromatic rings. The van der Waals surface area contributed by atoms with Gasteiger partial charge in [0.25, 0.3) is 0 Å². The summed E-state index contributed by atoms with van der Waals surface area (Å²) in [7, 11) is 0. The van der Waals surface area contributed by atoms with Gasteiger partial charge in [-0.1, -0.05) is 30.7 Å². The number of hydrogen-bond acceptors (Lipinski definition) is 3. The Kier molecular flexibility index (Phi) is 4.55. The van der Waals surface area contributed by atoms with Crippen LogP contribution in [0.25, 0.3) is 0 Å². The summed E-state index contributed by atoms with van der Waals surface area (Å²) in [6.45, 7) is 2.39. The third-order valence-corrected chi connectivity index (χ3v) is 3.88. The minimum Gasteiger partial charge on any atom is -0.308 e. The van der Waals surface area contributed by atoms with Crippen molar-refractivity contribution in [1.29, 1.82) is 0 Å². The molecule has 19 heavy (non-hydrogen) atoms. The van der Waals surface area contributed by atoms with Crippen molar-refractivity contribution in [2.45, 2.75) is 19.0 Å². The molecule has 1 atom stereocenters. The van der Waals surface area contributed by atoms with E-state index in [1.807, 2.05) is 19.1 Å². The molecule has 0 aromatic heterocycles. The fraction of sp³-hybridized carbons (Fsp3) is 0.333. The molecule has 1 aliphatic heterocycles. The molecule has 0 saturated carbocycles. The van der Waals surface area contributed by atoms with Gasteiger partial charge in [0.1, 0.15) is 0 Å². The van der Waals surface area contributed by atoms with Gasteiger partial charge in [0.2, 0.25) is 0 Å². The van der Waals surface area contributed by atoms with Crippen molar-refractivity contribution >= 4 is 35.4 Å². The van der Waals surface area contributed by atoms with E-state index in [0.717, 1.165) is 11.3 Å². The van der Waals surface area contributed by atoms with Gasteiger partial charge in [-0.25, -0.2) is 9.59 Å². The van der Waals surface area contributed by atoms with Crippen LogP contribution < -0.4 is 10.6 Å². The third-order valence-electron chi connectivity index (χ3n) is 2.61. The van der Waals surface area contributed by atoms with Crippen LogP contribution in [0, 0.1) is 0 Å². The number of carbonyl (C=O) groups is 2. The van der Waals surface area contributed by atoms with Crippen LogP contribution in [0.1, 0.15) is 12.5 Å². The predicted molar refractivity (Wildman–Crippen MR) is 76.0 cm³/mol. The lowest BCUT2D eigenvalue weighted by atomic mass is 10.2. The van der Waals surface area contributed by atoms with Crippen molar-refractivity contribution in [3.8, 4) is 0 Å². The van der Waals surface area contributed by atoms with Crippen LogP contribution in [0.4, 0.5) is 9.59 Å². The summed E-state index contributed by atoms with van der Waals surface area (Å²) in [4.78, 5) is 24.8. The average Bonchev–Trinajstić information content (AvgIpc) is 2.36. The Balaban J connectivity index is 2.12. The normalized spacial score (nSPS) is 19.1. The highest BCUT2D eigenvalue weighted by atomic mass is 35.5. The Hall–Kier alpha value is -1.40. The summed E-state index contributed by atoms with van der Waals surface area (Å²) in [6, 6.07) is 6.44. The third kappa shape index (κ3) is 3.54. The van der Waals surface area contributed by atoms with Gasteiger partial charge in [-0.15, -0.1) is 11.8 Å². The maximum atomic E-state index is 11.9. The molecule has 7 heteroatoms. The summed E-state index contributed by atoms with van der Waals surface area (Å²) in [5.41, 5.74) is 0.610. The monoisotopic (exact) mass is 299 g/mol. The fourth-order valence-electron chi connectivity index (χ4n) is 1.73. The van der Waals surface area contributed by atoms with Crippen molar-refractivity contribution in [3.05, 3.63) is 34.9 Å². The highest BCUT2D eigenvalue weighted by Crippen LogP contribution is 2.19. The fourth-order valence-corrected chi connectivity index (χ4v) is 2.71. The second-order valence-corrected chi connectivity index (χ2v) is 5.76. The van der Waals surface area contributed by atoms with Crippen molar-refractivity contribution < 1.29 is 9.59 Å². The maximum Gasteiger partial charge on any atom is 0.328 e. The number of carbonyl (C=O) groups excluding carboxylic acids is 2. The quantitative estimate of drug-likeness (QED) is 0.898. The van der Waals surface area contributed by atoms with E-state index in [0.29, 0.717) is 11.6 Å². The van der Waals surface area contributed by atoms with E-state index in [4.69, 9.17) is 11.6 Å². The number of thioether (sulfide) groups is 1. The highest BCUT2D eigenvalue weighted by Gasteiger charge is 2.31. The molecule has 1 saturated heterocycles. The lowest BCUT2D eigenvalue weighted by molar-refractivity contribution is 0.166. The topological polar surface area (TPSA) is 61.4 Å². The predicted octanol–water partition coefficient (Wildman–Crippen LogP) is 2.61. The van der Waals surface area contributed by atoms with Crippen molar-refractivity contribution in [3.63, 3.8) is 0 Å². The first-order chi connectivity index (χ1) is 9.10. The number of halogens is 1. The van der Waals surface area contributed by atoms with Gasteiger partial charge in [0.05, 0.1) is 6.54 Å². The molecular weight excluding hydrogens is 286 g/mol. The molecule has 1 unspecified atom stereocenters. The smallest absolute Gasteiger partial charge is 0.308 e. The first-order valence-corrected chi connectivity index (χ1v) is 7.27. The van der Waals surface area contributed by atoms with Gasteiger partial charge in [0.15, 0.2) is 5.50 Å². The molecule has 1 aliphatic rings. The number of nitrogens with one attached hydrogen (secondary N) is 2. The van der Waals surface area contributed by atoms with Crippen LogP contribution >= 0.6 is 23.4 Å². The van der Waals surface area contributed by atoms with Crippen LogP contribution in [0.2, 0.25) is 5.02 Å². The Morgan fingerprint density at radius 1 is 1.32 bits per heavy atom. The molecule has 5 nitrogen and oxygen atoms in total. The molecule has 2 N–H and O–H groups in total. The molecular formula is C12H14ClN3O2S. The zero-order valence-electron chi connectivity index (χ0n) is 10.4. The van der Waals surface area contributed by atoms with Gasteiger partial charge in [-0.05, 0) is 23.4 Å². The van der Waals surface area contributed by atoms with Gasteiger partial charge in [0, 0.05) is 5.02 Å². The van der Waals surface area contributed by atoms with E-state index < -0.39 is 6.03 Å². The van der Waals surface area contributed by atoms with Crippen LogP contribution in [-0.2, 0) is 6.54 Å². The van der Waals surface area contributed by atoms with Gasteiger partial charge >= 0.3 is 12.1 Å². The molecule has 1 heterocycles. The molecule has 2 rings (SSSR count). The largest absolute Gasteiger partial charge is 0.328 e. The number of nitrogens with zero attached hydrogens (tertiary/aromatic N) is 1. The average molecular weight is 300 g/mol. The summed E-state index contributed by atoms with van der Waals surface area (Å²) < 4.78 is 0. The second-order valence-electron chi connectivity index (χ2n) is 3.97. The number of urea groups is 2. The number of rotatable bonds is 4. The van der Waals surface area contributed by atoms with E-state index in [9.17, 15) is 9.59 Å². The Morgan fingerprint density at radius 2 is 2.00 bits per heavy atom. The van der Waals surface area contributed by atoms with Crippen molar-refractivity contribution in [1.82, 2.24) is 15.5 Å². The Bertz CT molecular complexity index is 480. The van der Waals surface area contributed by atoms with E-state index in [2.05, 4.69) is 10.6 Å². The molecule has 4 amide bonds. The first-order valence-electron chi connectivity index (χ1n) is 5.84. The van der Waals surface area contributed by atoms with E-state index in [1.54, 1.807) is 17.0 Å². The zero-order chi connectivity index (χ0) is 13.8. The van der Waals surface area contributed by atoms with Crippen LogP contribution in [0.5, 0.6) is 0 Å². The van der Waals surface area contributed by atoms with Gasteiger partial charge < -0.3 is 5.32 Å². The molecule has 0 spiro atoms. The molecule has 0 aliphatic carbocycles. The lowest BCUT2D eigenvalue weighted by Crippen LogP contribution is -2.61. The van der Waals surface area contributed by atoms with Crippen LogP contribution in [-0.4, -0.2) is 28.2 Å². The molecule has 0 bridgehead atoms.